The average molecular weight is 304 g/mol. The zero-order chi connectivity index (χ0) is 15.9. The summed E-state index contributed by atoms with van der Waals surface area (Å²) in [6, 6.07) is 19.6. The van der Waals surface area contributed by atoms with Crippen molar-refractivity contribution in [2.75, 3.05) is 5.43 Å². The second kappa shape index (κ2) is 7.13. The van der Waals surface area contributed by atoms with Gasteiger partial charge in [0.2, 0.25) is 0 Å². The normalized spacial score (nSPS) is 11.3. The molecule has 0 unspecified atom stereocenters. The molecule has 0 spiro atoms. The summed E-state index contributed by atoms with van der Waals surface area (Å²) >= 11 is 0. The number of hydrogen-bond donors (Lipinski definition) is 1. The molecule has 0 radical (unpaired) electrons. The predicted molar refractivity (Wildman–Crippen MR) is 91.9 cm³/mol. The molecule has 1 aromatic heterocycles. The second-order valence-corrected chi connectivity index (χ2v) is 4.82. The van der Waals surface area contributed by atoms with E-state index in [1.54, 1.807) is 17.1 Å². The van der Waals surface area contributed by atoms with Crippen molar-refractivity contribution in [3.63, 3.8) is 0 Å². The van der Waals surface area contributed by atoms with Gasteiger partial charge in [-0.25, -0.2) is 5.43 Å². The van der Waals surface area contributed by atoms with E-state index in [4.69, 9.17) is 0 Å². The number of hydrazone groups is 1. The van der Waals surface area contributed by atoms with E-state index >= 15 is 0 Å². The number of nitrogens with one attached hydrogen (secondary N) is 1. The fourth-order valence-electron chi connectivity index (χ4n) is 1.93. The number of aryl methyl sites for hydroxylation is 1. The minimum atomic E-state index is 0.460. The molecule has 23 heavy (non-hydrogen) atoms. The van der Waals surface area contributed by atoms with Crippen LogP contribution in [0, 0.1) is 6.92 Å². The van der Waals surface area contributed by atoms with Gasteiger partial charge in [-0.05, 0) is 18.1 Å². The van der Waals surface area contributed by atoms with Crippen LogP contribution in [0.25, 0.3) is 0 Å². The van der Waals surface area contributed by atoms with E-state index in [2.05, 4.69) is 25.8 Å². The molecule has 1 N–H and O–H groups in total. The Morgan fingerprint density at radius 1 is 0.870 bits per heavy atom. The molecular weight excluding hydrogens is 288 g/mol. The smallest absolute Gasteiger partial charge is 0.244 e. The first-order valence-corrected chi connectivity index (χ1v) is 7.18. The molecule has 0 amide bonds. The van der Waals surface area contributed by atoms with Crippen LogP contribution >= 0.6 is 0 Å². The summed E-state index contributed by atoms with van der Waals surface area (Å²) in [4.78, 5) is 0. The molecule has 0 aliphatic heterocycles. The highest BCUT2D eigenvalue weighted by atomic mass is 15.5. The van der Waals surface area contributed by atoms with E-state index in [-0.39, 0.29) is 0 Å². The molecule has 0 saturated heterocycles. The lowest BCUT2D eigenvalue weighted by atomic mass is 10.2. The first kappa shape index (κ1) is 14.6. The molecule has 114 valence electrons. The number of aromatic nitrogens is 3. The predicted octanol–water partition coefficient (Wildman–Crippen LogP) is 2.91. The molecular formula is C17H16N6. The fourth-order valence-corrected chi connectivity index (χ4v) is 1.93. The highest BCUT2D eigenvalue weighted by Crippen LogP contribution is 2.07. The summed E-state index contributed by atoms with van der Waals surface area (Å²) in [5.41, 5.74) is 4.86. The van der Waals surface area contributed by atoms with Crippen molar-refractivity contribution in [2.45, 2.75) is 6.92 Å². The third-order valence-corrected chi connectivity index (χ3v) is 3.10. The Hall–Kier alpha value is -3.28. The lowest BCUT2D eigenvalue weighted by molar-refractivity contribution is 0.834. The summed E-state index contributed by atoms with van der Waals surface area (Å²) < 4.78 is 1.61. The quantitative estimate of drug-likeness (QED) is 0.582. The lowest BCUT2D eigenvalue weighted by Gasteiger charge is -2.01. The van der Waals surface area contributed by atoms with Gasteiger partial charge in [-0.2, -0.15) is 14.9 Å². The minimum absolute atomic E-state index is 0.460. The van der Waals surface area contributed by atoms with Gasteiger partial charge < -0.3 is 0 Å². The van der Waals surface area contributed by atoms with Gasteiger partial charge in [0.1, 0.15) is 0 Å². The maximum Gasteiger partial charge on any atom is 0.266 e. The molecule has 3 aromatic rings. The molecule has 0 aliphatic carbocycles. The Labute approximate surface area is 134 Å². The zero-order valence-corrected chi connectivity index (χ0v) is 12.7. The van der Waals surface area contributed by atoms with E-state index < -0.39 is 0 Å². The largest absolute Gasteiger partial charge is 0.266 e. The summed E-state index contributed by atoms with van der Waals surface area (Å²) in [6.07, 6.45) is 3.47. The van der Waals surface area contributed by atoms with Gasteiger partial charge in [-0.1, -0.05) is 60.7 Å². The number of nitrogens with zero attached hydrogens (tertiary/aromatic N) is 5. The van der Waals surface area contributed by atoms with Crippen molar-refractivity contribution in [3.05, 3.63) is 77.6 Å². The molecule has 6 heteroatoms. The number of hydrogen-bond acceptors (Lipinski definition) is 5. The highest BCUT2D eigenvalue weighted by molar-refractivity contribution is 5.80. The molecule has 0 aliphatic rings. The molecule has 6 nitrogen and oxygen atoms in total. The molecule has 0 bridgehead atoms. The van der Waals surface area contributed by atoms with Crippen LogP contribution in [0.1, 0.15) is 17.0 Å². The van der Waals surface area contributed by atoms with E-state index in [0.29, 0.717) is 11.8 Å². The van der Waals surface area contributed by atoms with Crippen LogP contribution in [0.3, 0.4) is 0 Å². The molecule has 3 rings (SSSR count). The van der Waals surface area contributed by atoms with Gasteiger partial charge in [0.15, 0.2) is 5.82 Å². The summed E-state index contributed by atoms with van der Waals surface area (Å²) in [7, 11) is 0. The Morgan fingerprint density at radius 3 is 2.13 bits per heavy atom. The van der Waals surface area contributed by atoms with Crippen LogP contribution in [0.4, 0.5) is 5.95 Å². The molecule has 1 heterocycles. The fraction of sp³-hybridized carbons (Fsp3) is 0.0588. The van der Waals surface area contributed by atoms with Crippen LogP contribution in [-0.4, -0.2) is 27.3 Å². The Morgan fingerprint density at radius 2 is 1.48 bits per heavy atom. The Balaban J connectivity index is 1.74. The Bertz CT molecular complexity index is 806. The van der Waals surface area contributed by atoms with Crippen molar-refractivity contribution < 1.29 is 0 Å². The summed E-state index contributed by atoms with van der Waals surface area (Å²) in [6.45, 7) is 1.83. The van der Waals surface area contributed by atoms with Gasteiger partial charge in [-0.3, -0.25) is 0 Å². The van der Waals surface area contributed by atoms with Crippen LogP contribution in [-0.2, 0) is 0 Å². The van der Waals surface area contributed by atoms with E-state index in [9.17, 15) is 0 Å². The SMILES string of the molecule is Cc1nnc(N/N=C/c2ccccc2)n1/N=C/c1ccccc1. The van der Waals surface area contributed by atoms with Crippen LogP contribution in [0.15, 0.2) is 70.9 Å². The van der Waals surface area contributed by atoms with E-state index in [0.717, 1.165) is 11.1 Å². The topological polar surface area (TPSA) is 67.5 Å². The lowest BCUT2D eigenvalue weighted by Crippen LogP contribution is -2.01. The summed E-state index contributed by atoms with van der Waals surface area (Å²) in [5.74, 6) is 1.14. The Kier molecular flexibility index (Phi) is 4.54. The van der Waals surface area contributed by atoms with Crippen LogP contribution in [0.2, 0.25) is 0 Å². The monoisotopic (exact) mass is 304 g/mol. The van der Waals surface area contributed by atoms with Crippen LogP contribution < -0.4 is 5.43 Å². The standard InChI is InChI=1S/C17H16N6/c1-14-20-22-17(21-18-12-15-8-4-2-5-9-15)23(14)19-13-16-10-6-3-7-11-16/h2-13H,1H3,(H,21,22)/b18-12+,19-13+. The molecule has 0 saturated carbocycles. The third kappa shape index (κ3) is 3.88. The minimum Gasteiger partial charge on any atom is -0.244 e. The van der Waals surface area contributed by atoms with Gasteiger partial charge in [0.25, 0.3) is 5.95 Å². The van der Waals surface area contributed by atoms with Crippen molar-refractivity contribution in [1.29, 1.82) is 0 Å². The average Bonchev–Trinajstić information content (AvgIpc) is 2.95. The van der Waals surface area contributed by atoms with Gasteiger partial charge in [0.05, 0.1) is 12.4 Å². The first-order chi connectivity index (χ1) is 11.3. The van der Waals surface area contributed by atoms with E-state index in [1.165, 1.54) is 0 Å². The molecule has 0 atom stereocenters. The van der Waals surface area contributed by atoms with Gasteiger partial charge in [0, 0.05) is 0 Å². The summed E-state index contributed by atoms with van der Waals surface area (Å²) in [5, 5.41) is 16.6. The number of benzene rings is 2. The van der Waals surface area contributed by atoms with Crippen molar-refractivity contribution in [3.8, 4) is 0 Å². The van der Waals surface area contributed by atoms with Crippen molar-refractivity contribution in [2.24, 2.45) is 10.2 Å². The maximum absolute atomic E-state index is 4.39. The van der Waals surface area contributed by atoms with E-state index in [1.807, 2.05) is 67.6 Å². The maximum atomic E-state index is 4.39. The highest BCUT2D eigenvalue weighted by Gasteiger charge is 2.05. The molecule has 0 fully saturated rings. The van der Waals surface area contributed by atoms with Crippen LogP contribution in [0.5, 0.6) is 0 Å². The van der Waals surface area contributed by atoms with Crippen molar-refractivity contribution in [1.82, 2.24) is 14.9 Å². The van der Waals surface area contributed by atoms with Gasteiger partial charge >= 0.3 is 0 Å². The number of rotatable bonds is 5. The third-order valence-electron chi connectivity index (χ3n) is 3.10. The molecule has 2 aromatic carbocycles. The van der Waals surface area contributed by atoms with Gasteiger partial charge in [-0.15, -0.1) is 10.2 Å². The second-order valence-electron chi connectivity index (χ2n) is 4.82. The van der Waals surface area contributed by atoms with Crippen molar-refractivity contribution >= 4 is 18.4 Å². The first-order valence-electron chi connectivity index (χ1n) is 7.18. The zero-order valence-electron chi connectivity index (χ0n) is 12.7. The number of anilines is 1.